The van der Waals surface area contributed by atoms with E-state index in [1.165, 1.54) is 11.1 Å². The Hall–Kier alpha value is -2.20. The van der Waals surface area contributed by atoms with Gasteiger partial charge in [-0.2, -0.15) is 5.10 Å². The van der Waals surface area contributed by atoms with Crippen molar-refractivity contribution in [1.29, 1.82) is 0 Å². The van der Waals surface area contributed by atoms with Gasteiger partial charge in [0.1, 0.15) is 0 Å². The van der Waals surface area contributed by atoms with Gasteiger partial charge < -0.3 is 0 Å². The molecule has 2 aromatic heterocycles. The zero-order valence-corrected chi connectivity index (χ0v) is 13.7. The van der Waals surface area contributed by atoms with Crippen LogP contribution in [0.3, 0.4) is 0 Å². The van der Waals surface area contributed by atoms with Gasteiger partial charge in [0.2, 0.25) is 0 Å². The molecule has 4 rings (SSSR count). The number of pyridine rings is 1. The normalized spacial score (nSPS) is 18.8. The number of fused-ring (bicyclic) bond motifs is 1. The van der Waals surface area contributed by atoms with E-state index in [0.29, 0.717) is 6.04 Å². The third-order valence-electron chi connectivity index (χ3n) is 4.68. The standard InChI is InChI=1S/C19H22N4/c1-14-11-15(2)23(21-14)18-9-10-22(13-18)12-17-8-7-16-5-3-4-6-19(16)20-17/h3-8,11,18H,9-10,12-13H2,1-2H3/t18-/m0/s1. The lowest BCUT2D eigenvalue weighted by atomic mass is 10.2. The van der Waals surface area contributed by atoms with Gasteiger partial charge in [0.15, 0.2) is 0 Å². The van der Waals surface area contributed by atoms with E-state index < -0.39 is 0 Å². The molecule has 1 saturated heterocycles. The maximum absolute atomic E-state index is 4.79. The summed E-state index contributed by atoms with van der Waals surface area (Å²) in [6.45, 7) is 7.29. The molecule has 0 bridgehead atoms. The number of rotatable bonds is 3. The second-order valence-electron chi connectivity index (χ2n) is 6.54. The SMILES string of the molecule is Cc1cc(C)n([C@H]2CCN(Cc3ccc4ccccc4n3)C2)n1. The Bertz CT molecular complexity index is 836. The Labute approximate surface area is 136 Å². The van der Waals surface area contributed by atoms with Crippen molar-refractivity contribution in [1.82, 2.24) is 19.7 Å². The fourth-order valence-electron chi connectivity index (χ4n) is 3.60. The van der Waals surface area contributed by atoms with E-state index in [1.807, 2.05) is 6.07 Å². The van der Waals surface area contributed by atoms with E-state index in [9.17, 15) is 0 Å². The van der Waals surface area contributed by atoms with Crippen molar-refractivity contribution in [3.05, 3.63) is 59.5 Å². The van der Waals surface area contributed by atoms with Crippen molar-refractivity contribution in [2.24, 2.45) is 0 Å². The minimum Gasteiger partial charge on any atom is -0.295 e. The Morgan fingerprint density at radius 3 is 2.83 bits per heavy atom. The summed E-state index contributed by atoms with van der Waals surface area (Å²) in [4.78, 5) is 7.28. The first-order valence-corrected chi connectivity index (χ1v) is 8.29. The quantitative estimate of drug-likeness (QED) is 0.743. The Morgan fingerprint density at radius 1 is 1.13 bits per heavy atom. The van der Waals surface area contributed by atoms with Crippen LogP contribution in [-0.2, 0) is 6.54 Å². The summed E-state index contributed by atoms with van der Waals surface area (Å²) < 4.78 is 2.20. The molecule has 1 atom stereocenters. The first-order chi connectivity index (χ1) is 11.2. The van der Waals surface area contributed by atoms with Crippen molar-refractivity contribution < 1.29 is 0 Å². The number of para-hydroxylation sites is 1. The first-order valence-electron chi connectivity index (χ1n) is 8.29. The highest BCUT2D eigenvalue weighted by atomic mass is 15.3. The summed E-state index contributed by atoms with van der Waals surface area (Å²) in [5, 5.41) is 5.86. The monoisotopic (exact) mass is 306 g/mol. The number of aromatic nitrogens is 3. The summed E-state index contributed by atoms with van der Waals surface area (Å²) in [5.41, 5.74) is 4.60. The van der Waals surface area contributed by atoms with Crippen LogP contribution in [0.4, 0.5) is 0 Å². The van der Waals surface area contributed by atoms with E-state index in [0.717, 1.165) is 43.0 Å². The molecule has 4 heteroatoms. The van der Waals surface area contributed by atoms with Crippen LogP contribution in [0.25, 0.3) is 10.9 Å². The summed E-state index contributed by atoms with van der Waals surface area (Å²) >= 11 is 0. The molecule has 0 spiro atoms. The van der Waals surface area contributed by atoms with Crippen LogP contribution in [0.2, 0.25) is 0 Å². The van der Waals surface area contributed by atoms with Crippen molar-refractivity contribution in [2.75, 3.05) is 13.1 Å². The molecule has 1 fully saturated rings. The molecule has 4 nitrogen and oxygen atoms in total. The molecule has 0 saturated carbocycles. The highest BCUT2D eigenvalue weighted by Crippen LogP contribution is 2.24. The van der Waals surface area contributed by atoms with Crippen LogP contribution in [0.5, 0.6) is 0 Å². The molecule has 23 heavy (non-hydrogen) atoms. The van der Waals surface area contributed by atoms with Crippen LogP contribution in [0.1, 0.15) is 29.5 Å². The van der Waals surface area contributed by atoms with Gasteiger partial charge >= 0.3 is 0 Å². The van der Waals surface area contributed by atoms with Crippen molar-refractivity contribution >= 4 is 10.9 Å². The lowest BCUT2D eigenvalue weighted by Crippen LogP contribution is -2.22. The molecule has 0 amide bonds. The predicted octanol–water partition coefficient (Wildman–Crippen LogP) is 3.50. The fraction of sp³-hybridized carbons (Fsp3) is 0.368. The smallest absolute Gasteiger partial charge is 0.0705 e. The van der Waals surface area contributed by atoms with Crippen LogP contribution in [0.15, 0.2) is 42.5 Å². The highest BCUT2D eigenvalue weighted by Gasteiger charge is 2.25. The summed E-state index contributed by atoms with van der Waals surface area (Å²) in [7, 11) is 0. The molecule has 118 valence electrons. The number of aryl methyl sites for hydroxylation is 2. The zero-order valence-electron chi connectivity index (χ0n) is 13.7. The Morgan fingerprint density at radius 2 is 2.00 bits per heavy atom. The molecule has 3 heterocycles. The number of nitrogens with zero attached hydrogens (tertiary/aromatic N) is 4. The molecular formula is C19H22N4. The second kappa shape index (κ2) is 5.78. The topological polar surface area (TPSA) is 34.0 Å². The number of benzene rings is 1. The second-order valence-corrected chi connectivity index (χ2v) is 6.54. The van der Waals surface area contributed by atoms with Gasteiger partial charge in [0.25, 0.3) is 0 Å². The predicted molar refractivity (Wildman–Crippen MR) is 92.4 cm³/mol. The molecule has 1 aromatic carbocycles. The molecule has 0 unspecified atom stereocenters. The number of hydrogen-bond acceptors (Lipinski definition) is 3. The summed E-state index contributed by atoms with van der Waals surface area (Å²) in [6.07, 6.45) is 1.16. The minimum absolute atomic E-state index is 0.490. The highest BCUT2D eigenvalue weighted by molar-refractivity contribution is 5.78. The maximum atomic E-state index is 4.79. The molecule has 0 aliphatic carbocycles. The van der Waals surface area contributed by atoms with Crippen molar-refractivity contribution in [2.45, 2.75) is 32.9 Å². The first kappa shape index (κ1) is 14.4. The average molecular weight is 306 g/mol. The molecule has 1 aliphatic rings. The molecule has 0 radical (unpaired) electrons. The largest absolute Gasteiger partial charge is 0.295 e. The van der Waals surface area contributed by atoms with Gasteiger partial charge in [-0.1, -0.05) is 24.3 Å². The van der Waals surface area contributed by atoms with Gasteiger partial charge in [0.05, 0.1) is 22.9 Å². The number of hydrogen-bond donors (Lipinski definition) is 0. The van der Waals surface area contributed by atoms with Crippen LogP contribution in [-0.4, -0.2) is 32.8 Å². The third-order valence-corrected chi connectivity index (χ3v) is 4.68. The van der Waals surface area contributed by atoms with Gasteiger partial charge in [-0.3, -0.25) is 14.6 Å². The number of likely N-dealkylation sites (tertiary alicyclic amines) is 1. The van der Waals surface area contributed by atoms with Crippen LogP contribution >= 0.6 is 0 Å². The van der Waals surface area contributed by atoms with Gasteiger partial charge in [-0.25, -0.2) is 0 Å². The van der Waals surface area contributed by atoms with Crippen molar-refractivity contribution in [3.8, 4) is 0 Å². The van der Waals surface area contributed by atoms with Crippen LogP contribution in [0, 0.1) is 13.8 Å². The van der Waals surface area contributed by atoms with E-state index in [-0.39, 0.29) is 0 Å². The van der Waals surface area contributed by atoms with Crippen molar-refractivity contribution in [3.63, 3.8) is 0 Å². The van der Waals surface area contributed by atoms with Gasteiger partial charge in [0, 0.05) is 30.7 Å². The van der Waals surface area contributed by atoms with Gasteiger partial charge in [-0.05, 0) is 38.5 Å². The summed E-state index contributed by atoms with van der Waals surface area (Å²) in [6, 6.07) is 15.3. The zero-order chi connectivity index (χ0) is 15.8. The lowest BCUT2D eigenvalue weighted by molar-refractivity contribution is 0.307. The van der Waals surface area contributed by atoms with E-state index in [1.54, 1.807) is 0 Å². The molecule has 3 aromatic rings. The average Bonchev–Trinajstić information content (AvgIpc) is 3.13. The third kappa shape index (κ3) is 2.86. The van der Waals surface area contributed by atoms with Crippen LogP contribution < -0.4 is 0 Å². The molecule has 1 aliphatic heterocycles. The van der Waals surface area contributed by atoms with Gasteiger partial charge in [-0.15, -0.1) is 0 Å². The van der Waals surface area contributed by atoms with E-state index in [4.69, 9.17) is 4.98 Å². The fourth-order valence-corrected chi connectivity index (χ4v) is 3.60. The minimum atomic E-state index is 0.490. The van der Waals surface area contributed by atoms with E-state index in [2.05, 4.69) is 64.9 Å². The lowest BCUT2D eigenvalue weighted by Gasteiger charge is -2.17. The molecule has 0 N–H and O–H groups in total. The summed E-state index contributed by atoms with van der Waals surface area (Å²) in [5.74, 6) is 0. The Balaban J connectivity index is 1.48. The van der Waals surface area contributed by atoms with E-state index >= 15 is 0 Å². The maximum Gasteiger partial charge on any atom is 0.0705 e. The molecular weight excluding hydrogens is 284 g/mol. The Kier molecular flexibility index (Phi) is 3.62.